The molecule has 110 valence electrons. The summed E-state index contributed by atoms with van der Waals surface area (Å²) in [5.41, 5.74) is 0.862. The van der Waals surface area contributed by atoms with Crippen LogP contribution in [0.4, 0.5) is 5.69 Å². The van der Waals surface area contributed by atoms with E-state index >= 15 is 0 Å². The zero-order chi connectivity index (χ0) is 14.6. The first kappa shape index (κ1) is 15.0. The Kier molecular flexibility index (Phi) is 4.77. The van der Waals surface area contributed by atoms with Crippen LogP contribution in [0, 0.1) is 0 Å². The van der Waals surface area contributed by atoms with Crippen LogP contribution in [0.25, 0.3) is 0 Å². The van der Waals surface area contributed by atoms with Crippen LogP contribution in [-0.4, -0.2) is 45.0 Å². The van der Waals surface area contributed by atoms with Crippen molar-refractivity contribution in [3.63, 3.8) is 0 Å². The number of hydrogen-bond donors (Lipinski definition) is 1. The Bertz CT molecular complexity index is 557. The average molecular weight is 296 g/mol. The number of rotatable bonds is 5. The van der Waals surface area contributed by atoms with E-state index in [0.717, 1.165) is 5.69 Å². The van der Waals surface area contributed by atoms with Gasteiger partial charge in [0.15, 0.2) is 9.84 Å². The molecule has 0 aliphatic carbocycles. The zero-order valence-corrected chi connectivity index (χ0v) is 12.4. The normalized spacial score (nSPS) is 20.8. The van der Waals surface area contributed by atoms with E-state index in [1.54, 1.807) is 4.90 Å². The highest BCUT2D eigenvalue weighted by Crippen LogP contribution is 2.14. The van der Waals surface area contributed by atoms with E-state index in [1.807, 2.05) is 37.3 Å². The van der Waals surface area contributed by atoms with Gasteiger partial charge in [-0.2, -0.15) is 0 Å². The summed E-state index contributed by atoms with van der Waals surface area (Å²) in [5, 5.41) is 3.05. The molecule has 1 unspecified atom stereocenters. The summed E-state index contributed by atoms with van der Waals surface area (Å²) >= 11 is 0. The second-order valence-electron chi connectivity index (χ2n) is 4.95. The fraction of sp³-hybridized carbons (Fsp3) is 0.500. The van der Waals surface area contributed by atoms with E-state index < -0.39 is 9.84 Å². The maximum atomic E-state index is 12.2. The number of likely N-dealkylation sites (N-methyl/N-ethyl adjacent to an activating group) is 1. The second-order valence-corrected chi connectivity index (χ2v) is 7.18. The lowest BCUT2D eigenvalue weighted by atomic mass is 10.2. The van der Waals surface area contributed by atoms with Crippen LogP contribution in [-0.2, 0) is 14.6 Å². The van der Waals surface area contributed by atoms with Crippen molar-refractivity contribution < 1.29 is 13.2 Å². The van der Waals surface area contributed by atoms with Crippen molar-refractivity contribution >= 4 is 21.4 Å². The molecule has 1 aromatic rings. The maximum absolute atomic E-state index is 12.2. The monoisotopic (exact) mass is 296 g/mol. The molecule has 1 heterocycles. The molecule has 0 bridgehead atoms. The third-order valence-electron chi connectivity index (χ3n) is 3.46. The van der Waals surface area contributed by atoms with Crippen molar-refractivity contribution in [1.82, 2.24) is 5.32 Å². The molecule has 0 radical (unpaired) electrons. The highest BCUT2D eigenvalue weighted by molar-refractivity contribution is 7.91. The Morgan fingerprint density at radius 3 is 2.60 bits per heavy atom. The molecule has 1 saturated heterocycles. The van der Waals surface area contributed by atoms with Crippen LogP contribution in [0.3, 0.4) is 0 Å². The zero-order valence-electron chi connectivity index (χ0n) is 11.6. The summed E-state index contributed by atoms with van der Waals surface area (Å²) < 4.78 is 22.7. The summed E-state index contributed by atoms with van der Waals surface area (Å²) in [6.07, 6.45) is 0.590. The third kappa shape index (κ3) is 3.80. The first-order valence-corrected chi connectivity index (χ1v) is 8.63. The molecule has 6 heteroatoms. The molecule has 1 fully saturated rings. The molecular weight excluding hydrogens is 276 g/mol. The predicted octanol–water partition coefficient (Wildman–Crippen LogP) is 0.816. The van der Waals surface area contributed by atoms with Crippen molar-refractivity contribution in [1.29, 1.82) is 0 Å². The number of nitrogens with zero attached hydrogens (tertiary/aromatic N) is 1. The van der Waals surface area contributed by atoms with Gasteiger partial charge in [0.2, 0.25) is 5.91 Å². The molecule has 5 nitrogen and oxygen atoms in total. The van der Waals surface area contributed by atoms with Gasteiger partial charge in [-0.15, -0.1) is 0 Å². The molecule has 0 saturated carbocycles. The van der Waals surface area contributed by atoms with Crippen LogP contribution in [0.5, 0.6) is 0 Å². The average Bonchev–Trinajstić information content (AvgIpc) is 2.78. The Balaban J connectivity index is 1.91. The lowest BCUT2D eigenvalue weighted by molar-refractivity contribution is -0.117. The summed E-state index contributed by atoms with van der Waals surface area (Å²) in [6.45, 7) is 2.68. The Hall–Kier alpha value is -1.40. The minimum Gasteiger partial charge on any atom is -0.312 e. The van der Waals surface area contributed by atoms with Crippen molar-refractivity contribution in [2.45, 2.75) is 19.4 Å². The number of carbonyl (C=O) groups is 1. The van der Waals surface area contributed by atoms with Crippen LogP contribution < -0.4 is 10.2 Å². The molecule has 1 amide bonds. The third-order valence-corrected chi connectivity index (χ3v) is 5.23. The van der Waals surface area contributed by atoms with E-state index in [1.165, 1.54) is 0 Å². The lowest BCUT2D eigenvalue weighted by Gasteiger charge is -2.22. The topological polar surface area (TPSA) is 66.5 Å². The van der Waals surface area contributed by atoms with Crippen LogP contribution in [0.15, 0.2) is 30.3 Å². The van der Waals surface area contributed by atoms with Gasteiger partial charge in [-0.05, 0) is 25.5 Å². The number of para-hydroxylation sites is 1. The van der Waals surface area contributed by atoms with Gasteiger partial charge >= 0.3 is 0 Å². The number of benzene rings is 1. The number of nitrogens with one attached hydrogen (secondary N) is 1. The Morgan fingerprint density at radius 1 is 1.35 bits per heavy atom. The SMILES string of the molecule is CCN(C(=O)CNC1CCS(=O)(=O)C1)c1ccccc1. The predicted molar refractivity (Wildman–Crippen MR) is 79.5 cm³/mol. The number of hydrogen-bond acceptors (Lipinski definition) is 4. The highest BCUT2D eigenvalue weighted by atomic mass is 32.2. The quantitative estimate of drug-likeness (QED) is 0.873. The number of sulfone groups is 1. The first-order valence-electron chi connectivity index (χ1n) is 6.81. The van der Waals surface area contributed by atoms with Crippen LogP contribution in [0.2, 0.25) is 0 Å². The summed E-state index contributed by atoms with van der Waals surface area (Å²) in [6, 6.07) is 9.37. The van der Waals surface area contributed by atoms with E-state index in [4.69, 9.17) is 0 Å². The van der Waals surface area contributed by atoms with E-state index in [9.17, 15) is 13.2 Å². The molecule has 1 atom stereocenters. The van der Waals surface area contributed by atoms with Gasteiger partial charge in [-0.25, -0.2) is 8.42 Å². The number of carbonyl (C=O) groups excluding carboxylic acids is 1. The van der Waals surface area contributed by atoms with Gasteiger partial charge in [0.25, 0.3) is 0 Å². The summed E-state index contributed by atoms with van der Waals surface area (Å²) in [4.78, 5) is 13.9. The fourth-order valence-corrected chi connectivity index (χ4v) is 4.10. The lowest BCUT2D eigenvalue weighted by Crippen LogP contribution is -2.42. The molecule has 1 aromatic carbocycles. The van der Waals surface area contributed by atoms with E-state index in [0.29, 0.717) is 13.0 Å². The Labute approximate surface area is 119 Å². The molecule has 1 N–H and O–H groups in total. The highest BCUT2D eigenvalue weighted by Gasteiger charge is 2.28. The van der Waals surface area contributed by atoms with Gasteiger partial charge in [0, 0.05) is 18.3 Å². The second kappa shape index (κ2) is 6.37. The molecule has 0 aromatic heterocycles. The Morgan fingerprint density at radius 2 is 2.05 bits per heavy atom. The standard InChI is InChI=1S/C14H20N2O3S/c1-2-16(13-6-4-3-5-7-13)14(17)10-15-12-8-9-20(18,19)11-12/h3-7,12,15H,2,8-11H2,1H3. The number of amides is 1. The minimum atomic E-state index is -2.91. The molecule has 1 aliphatic heterocycles. The van der Waals surface area contributed by atoms with Gasteiger partial charge in [0.05, 0.1) is 18.1 Å². The molecular formula is C14H20N2O3S. The first-order chi connectivity index (χ1) is 9.52. The van der Waals surface area contributed by atoms with Gasteiger partial charge in [-0.1, -0.05) is 18.2 Å². The van der Waals surface area contributed by atoms with Crippen LogP contribution in [0.1, 0.15) is 13.3 Å². The van der Waals surface area contributed by atoms with Gasteiger partial charge in [-0.3, -0.25) is 4.79 Å². The van der Waals surface area contributed by atoms with Crippen LogP contribution >= 0.6 is 0 Å². The minimum absolute atomic E-state index is 0.0389. The summed E-state index contributed by atoms with van der Waals surface area (Å²) in [7, 11) is -2.91. The number of anilines is 1. The molecule has 1 aliphatic rings. The van der Waals surface area contributed by atoms with Crippen molar-refractivity contribution in [2.75, 3.05) is 29.5 Å². The van der Waals surface area contributed by atoms with Gasteiger partial charge < -0.3 is 10.2 Å². The maximum Gasteiger partial charge on any atom is 0.240 e. The van der Waals surface area contributed by atoms with E-state index in [2.05, 4.69) is 5.32 Å². The fourth-order valence-electron chi connectivity index (χ4n) is 2.39. The largest absolute Gasteiger partial charge is 0.312 e. The van der Waals surface area contributed by atoms with Crippen molar-refractivity contribution in [2.24, 2.45) is 0 Å². The molecule has 2 rings (SSSR count). The van der Waals surface area contributed by atoms with Crippen molar-refractivity contribution in [3.05, 3.63) is 30.3 Å². The molecule has 0 spiro atoms. The smallest absolute Gasteiger partial charge is 0.240 e. The summed E-state index contributed by atoms with van der Waals surface area (Å²) in [5.74, 6) is 0.315. The van der Waals surface area contributed by atoms with Crippen molar-refractivity contribution in [3.8, 4) is 0 Å². The van der Waals surface area contributed by atoms with E-state index in [-0.39, 0.29) is 30.0 Å². The molecule has 20 heavy (non-hydrogen) atoms. The van der Waals surface area contributed by atoms with Gasteiger partial charge in [0.1, 0.15) is 0 Å².